The quantitative estimate of drug-likeness (QED) is 0.315. The van der Waals surface area contributed by atoms with Crippen molar-refractivity contribution >= 4 is 17.7 Å². The molecule has 1 aromatic carbocycles. The van der Waals surface area contributed by atoms with Gasteiger partial charge in [0.25, 0.3) is 0 Å². The number of amides is 1. The van der Waals surface area contributed by atoms with E-state index in [4.69, 9.17) is 9.15 Å². The minimum Gasteiger partial charge on any atom is -0.467 e. The fraction of sp³-hybridized carbons (Fsp3) is 0.370. The maximum Gasteiger partial charge on any atom is 0.354 e. The molecule has 0 radical (unpaired) electrons. The number of benzene rings is 1. The Hall–Kier alpha value is -3.61. The molecule has 0 fully saturated rings. The van der Waals surface area contributed by atoms with E-state index in [0.29, 0.717) is 41.2 Å². The van der Waals surface area contributed by atoms with E-state index in [9.17, 15) is 14.4 Å². The van der Waals surface area contributed by atoms with Gasteiger partial charge in [0.15, 0.2) is 5.78 Å². The second kappa shape index (κ2) is 11.0. The Balaban J connectivity index is 1.97. The number of carbonyl (C=O) groups is 3. The van der Waals surface area contributed by atoms with Gasteiger partial charge in [0.1, 0.15) is 11.5 Å². The zero-order valence-electron chi connectivity index (χ0n) is 20.5. The Bertz CT molecular complexity index is 1150. The van der Waals surface area contributed by atoms with Crippen LogP contribution in [0.1, 0.15) is 69.6 Å². The molecule has 1 amide bonds. The third kappa shape index (κ3) is 4.98. The molecule has 7 nitrogen and oxygen atoms in total. The first kappa shape index (κ1) is 25.0. The molecule has 2 heterocycles. The van der Waals surface area contributed by atoms with Gasteiger partial charge in [-0.3, -0.25) is 9.59 Å². The van der Waals surface area contributed by atoms with Gasteiger partial charge in [0.2, 0.25) is 5.91 Å². The van der Waals surface area contributed by atoms with Crippen LogP contribution in [0.3, 0.4) is 0 Å². The van der Waals surface area contributed by atoms with Gasteiger partial charge in [0, 0.05) is 17.8 Å². The Morgan fingerprint density at radius 2 is 1.76 bits per heavy atom. The predicted octanol–water partition coefficient (Wildman–Crippen LogP) is 4.91. The first-order valence-corrected chi connectivity index (χ1v) is 11.5. The number of nitrogens with zero attached hydrogens (tertiary/aromatic N) is 2. The summed E-state index contributed by atoms with van der Waals surface area (Å²) < 4.78 is 12.2. The number of hydrogen-bond donors (Lipinski definition) is 0. The Morgan fingerprint density at radius 3 is 2.32 bits per heavy atom. The number of hydrogen-bond acceptors (Lipinski definition) is 5. The molecule has 7 heteroatoms. The van der Waals surface area contributed by atoms with Crippen LogP contribution in [0.2, 0.25) is 0 Å². The third-order valence-electron chi connectivity index (χ3n) is 6.22. The summed E-state index contributed by atoms with van der Waals surface area (Å²) >= 11 is 0. The first-order chi connectivity index (χ1) is 16.3. The second-order valence-electron chi connectivity index (χ2n) is 8.24. The van der Waals surface area contributed by atoms with Crippen LogP contribution in [0.25, 0.3) is 0 Å². The molecular formula is C27H32N2O5. The van der Waals surface area contributed by atoms with E-state index in [2.05, 4.69) is 0 Å². The average Bonchev–Trinajstić information content (AvgIpc) is 3.44. The van der Waals surface area contributed by atoms with Crippen LogP contribution in [0.4, 0.5) is 0 Å². The minimum absolute atomic E-state index is 0.126. The van der Waals surface area contributed by atoms with E-state index in [1.54, 1.807) is 34.8 Å². The van der Waals surface area contributed by atoms with Crippen molar-refractivity contribution in [2.24, 2.45) is 0 Å². The van der Waals surface area contributed by atoms with E-state index in [0.717, 1.165) is 5.56 Å². The lowest BCUT2D eigenvalue weighted by molar-refractivity contribution is -0.133. The lowest BCUT2D eigenvalue weighted by Gasteiger charge is -2.26. The molecule has 0 saturated heterocycles. The zero-order valence-corrected chi connectivity index (χ0v) is 20.5. The van der Waals surface area contributed by atoms with Crippen molar-refractivity contribution in [3.05, 3.63) is 82.6 Å². The van der Waals surface area contributed by atoms with Gasteiger partial charge in [-0.25, -0.2) is 4.79 Å². The molecule has 0 aliphatic carbocycles. The van der Waals surface area contributed by atoms with Crippen molar-refractivity contribution in [3.63, 3.8) is 0 Å². The number of ether oxygens (including phenoxy) is 1. The Labute approximate surface area is 200 Å². The number of rotatable bonds is 10. The van der Waals surface area contributed by atoms with Crippen LogP contribution < -0.4 is 0 Å². The van der Waals surface area contributed by atoms with E-state index in [1.807, 2.05) is 51.1 Å². The molecule has 0 saturated carbocycles. The lowest BCUT2D eigenvalue weighted by Crippen LogP contribution is -2.38. The summed E-state index contributed by atoms with van der Waals surface area (Å²) in [4.78, 5) is 41.2. The summed E-state index contributed by atoms with van der Waals surface area (Å²) in [5, 5.41) is 0. The molecule has 1 atom stereocenters. The van der Waals surface area contributed by atoms with Crippen molar-refractivity contribution in [2.75, 3.05) is 13.7 Å². The molecule has 0 N–H and O–H groups in total. The molecule has 1 unspecified atom stereocenters. The van der Waals surface area contributed by atoms with Crippen LogP contribution >= 0.6 is 0 Å². The highest BCUT2D eigenvalue weighted by Crippen LogP contribution is 2.26. The third-order valence-corrected chi connectivity index (χ3v) is 6.22. The first-order valence-electron chi connectivity index (χ1n) is 11.5. The monoisotopic (exact) mass is 464 g/mol. The standard InChI is InChI=1S/C27H32N2O5/c1-6-22(20-12-9-8-10-13-20)26(31)28(16-21-14-11-15-34-21)17-23(30)24-18(3)25(27(32)33-5)29(7-2)19(24)4/h8-15,22H,6-7,16-17H2,1-5H3. The van der Waals surface area contributed by atoms with Crippen molar-refractivity contribution in [1.29, 1.82) is 0 Å². The molecule has 3 rings (SSSR count). The smallest absolute Gasteiger partial charge is 0.354 e. The molecule has 2 aromatic heterocycles. The fourth-order valence-electron chi connectivity index (χ4n) is 4.57. The fourth-order valence-corrected chi connectivity index (χ4v) is 4.57. The number of furan rings is 1. The van der Waals surface area contributed by atoms with Gasteiger partial charge in [-0.2, -0.15) is 0 Å². The zero-order chi connectivity index (χ0) is 24.8. The van der Waals surface area contributed by atoms with Crippen LogP contribution in [0.15, 0.2) is 53.1 Å². The number of Topliss-reactive ketones (excluding diaryl/α,β-unsaturated/α-hetero) is 1. The summed E-state index contributed by atoms with van der Waals surface area (Å²) in [6.07, 6.45) is 2.15. The molecule has 0 bridgehead atoms. The number of ketones is 1. The van der Waals surface area contributed by atoms with Gasteiger partial charge in [-0.1, -0.05) is 37.3 Å². The maximum absolute atomic E-state index is 13.7. The van der Waals surface area contributed by atoms with Gasteiger partial charge in [-0.15, -0.1) is 0 Å². The molecule has 180 valence electrons. The number of esters is 1. The van der Waals surface area contributed by atoms with Crippen molar-refractivity contribution in [3.8, 4) is 0 Å². The SMILES string of the molecule is CCC(C(=O)N(CC(=O)c1c(C)c(C(=O)OC)n(CC)c1C)Cc1ccco1)c1ccccc1. The van der Waals surface area contributed by atoms with Crippen molar-refractivity contribution in [1.82, 2.24) is 9.47 Å². The number of carbonyl (C=O) groups excluding carboxylic acids is 3. The van der Waals surface area contributed by atoms with Gasteiger partial charge >= 0.3 is 5.97 Å². The van der Waals surface area contributed by atoms with Gasteiger partial charge < -0.3 is 18.6 Å². The molecule has 0 aliphatic heterocycles. The largest absolute Gasteiger partial charge is 0.467 e. The topological polar surface area (TPSA) is 81.8 Å². The summed E-state index contributed by atoms with van der Waals surface area (Å²) in [7, 11) is 1.32. The van der Waals surface area contributed by atoms with Gasteiger partial charge in [-0.05, 0) is 50.5 Å². The molecular weight excluding hydrogens is 432 g/mol. The highest BCUT2D eigenvalue weighted by molar-refractivity contribution is 6.05. The van der Waals surface area contributed by atoms with E-state index < -0.39 is 5.97 Å². The van der Waals surface area contributed by atoms with E-state index in [1.165, 1.54) is 7.11 Å². The van der Waals surface area contributed by atoms with Crippen LogP contribution in [0, 0.1) is 13.8 Å². The molecule has 0 spiro atoms. The molecule has 3 aromatic rings. The minimum atomic E-state index is -0.486. The number of aromatic nitrogens is 1. The Morgan fingerprint density at radius 1 is 1.06 bits per heavy atom. The van der Waals surface area contributed by atoms with Crippen molar-refractivity contribution < 1.29 is 23.5 Å². The van der Waals surface area contributed by atoms with E-state index in [-0.39, 0.29) is 30.7 Å². The second-order valence-corrected chi connectivity index (χ2v) is 8.24. The van der Waals surface area contributed by atoms with Gasteiger partial charge in [0.05, 0.1) is 32.4 Å². The van der Waals surface area contributed by atoms with E-state index >= 15 is 0 Å². The Kier molecular flexibility index (Phi) is 8.10. The lowest BCUT2D eigenvalue weighted by atomic mass is 9.94. The molecule has 34 heavy (non-hydrogen) atoms. The van der Waals surface area contributed by atoms with Crippen molar-refractivity contribution in [2.45, 2.75) is 53.1 Å². The summed E-state index contributed by atoms with van der Waals surface area (Å²) in [6, 6.07) is 13.1. The average molecular weight is 465 g/mol. The van der Waals surface area contributed by atoms with Crippen LogP contribution in [-0.4, -0.2) is 40.8 Å². The summed E-state index contributed by atoms with van der Waals surface area (Å²) in [5.74, 6) is -0.636. The normalized spacial score (nSPS) is 11.8. The predicted molar refractivity (Wildman–Crippen MR) is 129 cm³/mol. The summed E-state index contributed by atoms with van der Waals surface area (Å²) in [6.45, 7) is 8.00. The highest BCUT2D eigenvalue weighted by Gasteiger charge is 2.31. The molecule has 0 aliphatic rings. The number of methoxy groups -OCH3 is 1. The highest BCUT2D eigenvalue weighted by atomic mass is 16.5. The van der Waals surface area contributed by atoms with Crippen LogP contribution in [0.5, 0.6) is 0 Å². The van der Waals surface area contributed by atoms with Crippen LogP contribution in [-0.2, 0) is 22.6 Å². The summed E-state index contributed by atoms with van der Waals surface area (Å²) in [5.41, 5.74) is 2.98. The maximum atomic E-state index is 13.7.